The molecule has 3 nitrogen and oxygen atoms in total. The third-order valence-corrected chi connectivity index (χ3v) is 4.24. The molecular weight excluding hydrogens is 250 g/mol. The first-order valence-corrected chi connectivity index (χ1v) is 6.82. The highest BCUT2D eigenvalue weighted by atomic mass is 35.5. The van der Waals surface area contributed by atoms with Gasteiger partial charge in [0.15, 0.2) is 0 Å². The Labute approximate surface area is 112 Å². The third kappa shape index (κ3) is 2.11. The number of rotatable bonds is 1. The average Bonchev–Trinajstić information content (AvgIpc) is 2.38. The quantitative estimate of drug-likeness (QED) is 0.849. The molecule has 0 aliphatic carbocycles. The van der Waals surface area contributed by atoms with E-state index >= 15 is 0 Å². The van der Waals surface area contributed by atoms with Gasteiger partial charge in [-0.25, -0.2) is 0 Å². The summed E-state index contributed by atoms with van der Waals surface area (Å²) in [4.78, 5) is 0. The highest BCUT2D eigenvalue weighted by Crippen LogP contribution is 2.45. The summed E-state index contributed by atoms with van der Waals surface area (Å²) in [5, 5.41) is 4.09. The molecule has 0 bridgehead atoms. The minimum absolute atomic E-state index is 0.0798. The van der Waals surface area contributed by atoms with E-state index in [1.807, 2.05) is 18.2 Å². The van der Waals surface area contributed by atoms with E-state index in [1.165, 1.54) is 0 Å². The van der Waals surface area contributed by atoms with E-state index in [0.717, 1.165) is 48.7 Å². The first kappa shape index (κ1) is 12.3. The first-order chi connectivity index (χ1) is 8.72. The monoisotopic (exact) mass is 267 g/mol. The Kier molecular flexibility index (Phi) is 3.22. The highest BCUT2D eigenvalue weighted by Gasteiger charge is 2.42. The summed E-state index contributed by atoms with van der Waals surface area (Å²) in [5.41, 5.74) is 1.04. The lowest BCUT2D eigenvalue weighted by Gasteiger charge is -2.44. The third-order valence-electron chi connectivity index (χ3n) is 4.01. The van der Waals surface area contributed by atoms with Gasteiger partial charge in [-0.3, -0.25) is 0 Å². The molecule has 0 amide bonds. The Morgan fingerprint density at radius 1 is 1.39 bits per heavy atom. The second kappa shape index (κ2) is 4.72. The fourth-order valence-electron chi connectivity index (χ4n) is 2.98. The van der Waals surface area contributed by atoms with E-state index in [9.17, 15) is 0 Å². The van der Waals surface area contributed by atoms with Crippen molar-refractivity contribution in [3.63, 3.8) is 0 Å². The van der Waals surface area contributed by atoms with E-state index in [2.05, 4.69) is 5.32 Å². The normalized spacial score (nSPS) is 25.6. The molecule has 3 rings (SSSR count). The minimum Gasteiger partial charge on any atom is -0.487 e. The van der Waals surface area contributed by atoms with Crippen molar-refractivity contribution in [2.24, 2.45) is 0 Å². The maximum Gasteiger partial charge on any atom is 0.127 e. The number of hydrogen-bond donors (Lipinski definition) is 1. The number of hydrogen-bond acceptors (Lipinski definition) is 3. The molecule has 2 aliphatic heterocycles. The number of fused-ring (bicyclic) bond motifs is 1. The van der Waals surface area contributed by atoms with Crippen LogP contribution in [0.4, 0.5) is 0 Å². The lowest BCUT2D eigenvalue weighted by molar-refractivity contribution is -0.0478. The van der Waals surface area contributed by atoms with Gasteiger partial charge >= 0.3 is 0 Å². The van der Waals surface area contributed by atoms with E-state index < -0.39 is 0 Å². The molecule has 1 spiro atoms. The maximum absolute atomic E-state index is 6.27. The van der Waals surface area contributed by atoms with Crippen molar-refractivity contribution in [2.75, 3.05) is 20.2 Å². The standard InChI is InChI=1S/C14H18ClNO2/c1-17-13-9-14(4-6-16-7-5-14)18-12-8-10(15)2-3-11(12)13/h2-3,8,13,16H,4-7,9H2,1H3. The molecule has 2 aliphatic rings. The molecule has 1 saturated heterocycles. The lowest BCUT2D eigenvalue weighted by Crippen LogP contribution is -2.49. The Morgan fingerprint density at radius 3 is 2.89 bits per heavy atom. The Morgan fingerprint density at radius 2 is 2.17 bits per heavy atom. The van der Waals surface area contributed by atoms with Gasteiger partial charge in [-0.2, -0.15) is 0 Å². The van der Waals surface area contributed by atoms with Crippen LogP contribution in [-0.4, -0.2) is 25.8 Å². The van der Waals surface area contributed by atoms with Gasteiger partial charge in [0.2, 0.25) is 0 Å². The van der Waals surface area contributed by atoms with Crippen molar-refractivity contribution in [3.05, 3.63) is 28.8 Å². The van der Waals surface area contributed by atoms with Gasteiger partial charge in [-0.1, -0.05) is 17.7 Å². The Hall–Kier alpha value is -0.770. The summed E-state index contributed by atoms with van der Waals surface area (Å²) in [7, 11) is 1.77. The fourth-order valence-corrected chi connectivity index (χ4v) is 3.15. The number of benzene rings is 1. The highest BCUT2D eigenvalue weighted by molar-refractivity contribution is 6.30. The molecule has 2 heterocycles. The van der Waals surface area contributed by atoms with Crippen LogP contribution in [0.3, 0.4) is 0 Å². The summed E-state index contributed by atoms with van der Waals surface area (Å²) in [5.74, 6) is 0.891. The summed E-state index contributed by atoms with van der Waals surface area (Å²) < 4.78 is 11.9. The number of ether oxygens (including phenoxy) is 2. The van der Waals surface area contributed by atoms with Crippen LogP contribution in [-0.2, 0) is 4.74 Å². The zero-order valence-corrected chi connectivity index (χ0v) is 11.3. The molecule has 0 radical (unpaired) electrons. The fraction of sp³-hybridized carbons (Fsp3) is 0.571. The molecule has 98 valence electrons. The molecular formula is C14H18ClNO2. The molecule has 0 aromatic heterocycles. The first-order valence-electron chi connectivity index (χ1n) is 6.44. The topological polar surface area (TPSA) is 30.5 Å². The molecule has 1 aromatic carbocycles. The van der Waals surface area contributed by atoms with Gasteiger partial charge in [0, 0.05) is 24.1 Å². The Bertz CT molecular complexity index is 443. The second-order valence-electron chi connectivity index (χ2n) is 5.15. The molecule has 1 fully saturated rings. The molecule has 1 aromatic rings. The maximum atomic E-state index is 6.27. The van der Waals surface area contributed by atoms with Crippen LogP contribution in [0, 0.1) is 0 Å². The molecule has 0 saturated carbocycles. The van der Waals surface area contributed by atoms with Gasteiger partial charge < -0.3 is 14.8 Å². The van der Waals surface area contributed by atoms with Gasteiger partial charge in [-0.15, -0.1) is 0 Å². The van der Waals surface area contributed by atoms with E-state index in [0.29, 0.717) is 0 Å². The number of piperidine rings is 1. The van der Waals surface area contributed by atoms with Crippen LogP contribution < -0.4 is 10.1 Å². The molecule has 1 unspecified atom stereocenters. The van der Waals surface area contributed by atoms with Crippen LogP contribution in [0.5, 0.6) is 5.75 Å². The van der Waals surface area contributed by atoms with E-state index in [4.69, 9.17) is 21.1 Å². The summed E-state index contributed by atoms with van der Waals surface area (Å²) in [6, 6.07) is 5.82. The molecule has 4 heteroatoms. The van der Waals surface area contributed by atoms with Gasteiger partial charge in [-0.05, 0) is 38.1 Å². The second-order valence-corrected chi connectivity index (χ2v) is 5.58. The van der Waals surface area contributed by atoms with Crippen molar-refractivity contribution in [3.8, 4) is 5.75 Å². The average molecular weight is 268 g/mol. The summed E-state index contributed by atoms with van der Waals surface area (Å²) in [6.45, 7) is 2.01. The van der Waals surface area contributed by atoms with Crippen LogP contribution in [0.1, 0.15) is 30.9 Å². The summed E-state index contributed by atoms with van der Waals surface area (Å²) in [6.07, 6.45) is 3.10. The van der Waals surface area contributed by atoms with Crippen LogP contribution in [0.25, 0.3) is 0 Å². The van der Waals surface area contributed by atoms with Crippen molar-refractivity contribution < 1.29 is 9.47 Å². The lowest BCUT2D eigenvalue weighted by atomic mass is 9.82. The number of halogens is 1. The summed E-state index contributed by atoms with van der Waals surface area (Å²) >= 11 is 6.06. The largest absolute Gasteiger partial charge is 0.487 e. The van der Waals surface area contributed by atoms with Crippen LogP contribution >= 0.6 is 11.6 Å². The number of methoxy groups -OCH3 is 1. The van der Waals surface area contributed by atoms with E-state index in [1.54, 1.807) is 7.11 Å². The molecule has 18 heavy (non-hydrogen) atoms. The van der Waals surface area contributed by atoms with Crippen LogP contribution in [0.2, 0.25) is 5.02 Å². The van der Waals surface area contributed by atoms with Crippen LogP contribution in [0.15, 0.2) is 18.2 Å². The van der Waals surface area contributed by atoms with E-state index in [-0.39, 0.29) is 11.7 Å². The van der Waals surface area contributed by atoms with Crippen molar-refractivity contribution in [1.29, 1.82) is 0 Å². The molecule has 1 N–H and O–H groups in total. The predicted molar refractivity (Wildman–Crippen MR) is 71.3 cm³/mol. The van der Waals surface area contributed by atoms with Crippen molar-refractivity contribution in [1.82, 2.24) is 5.32 Å². The smallest absolute Gasteiger partial charge is 0.127 e. The van der Waals surface area contributed by atoms with Crippen molar-refractivity contribution in [2.45, 2.75) is 31.0 Å². The van der Waals surface area contributed by atoms with Gasteiger partial charge in [0.25, 0.3) is 0 Å². The molecule has 1 atom stereocenters. The van der Waals surface area contributed by atoms with Gasteiger partial charge in [0.05, 0.1) is 6.10 Å². The van der Waals surface area contributed by atoms with Crippen molar-refractivity contribution >= 4 is 11.6 Å². The predicted octanol–water partition coefficient (Wildman–Crippen LogP) is 2.93. The SMILES string of the molecule is COC1CC2(CCNCC2)Oc2cc(Cl)ccc21. The zero-order valence-electron chi connectivity index (χ0n) is 10.5. The zero-order chi connectivity index (χ0) is 12.6. The minimum atomic E-state index is -0.0798. The number of nitrogens with one attached hydrogen (secondary N) is 1. The Balaban J connectivity index is 1.97. The van der Waals surface area contributed by atoms with Gasteiger partial charge in [0.1, 0.15) is 11.4 Å².